The van der Waals surface area contributed by atoms with E-state index in [0.29, 0.717) is 29.0 Å². The molecule has 3 atom stereocenters. The lowest BCUT2D eigenvalue weighted by Crippen LogP contribution is -2.29. The number of benzene rings is 1. The number of hydrogen-bond acceptors (Lipinski definition) is 4. The Kier molecular flexibility index (Phi) is 3.16. The van der Waals surface area contributed by atoms with Crippen LogP contribution in [-0.4, -0.2) is 44.2 Å². The van der Waals surface area contributed by atoms with Gasteiger partial charge in [0.05, 0.1) is 5.69 Å². The molecule has 1 aliphatic carbocycles. The lowest BCUT2D eigenvalue weighted by Gasteiger charge is -2.17. The number of nitrogens with one attached hydrogen (secondary N) is 1. The van der Waals surface area contributed by atoms with Gasteiger partial charge in [-0.2, -0.15) is 0 Å². The number of aromatic hydroxyl groups is 1. The van der Waals surface area contributed by atoms with Crippen molar-refractivity contribution in [1.29, 1.82) is 0 Å². The van der Waals surface area contributed by atoms with Crippen LogP contribution in [0.4, 0.5) is 0 Å². The molecule has 2 unspecified atom stereocenters. The van der Waals surface area contributed by atoms with Gasteiger partial charge in [0.2, 0.25) is 5.91 Å². The molecule has 1 saturated carbocycles. The number of carbonyl (C=O) groups excluding carboxylic acids is 1. The second kappa shape index (κ2) is 5.42. The van der Waals surface area contributed by atoms with Crippen molar-refractivity contribution < 1.29 is 9.90 Å². The maximum Gasteiger partial charge on any atom is 0.245 e. The molecule has 3 heterocycles. The van der Waals surface area contributed by atoms with Gasteiger partial charge in [0.25, 0.3) is 0 Å². The van der Waals surface area contributed by atoms with Crippen LogP contribution in [0.2, 0.25) is 0 Å². The molecule has 6 heteroatoms. The third-order valence-electron chi connectivity index (χ3n) is 5.62. The molecule has 1 amide bonds. The Morgan fingerprint density at radius 3 is 2.73 bits per heavy atom. The number of aromatic nitrogens is 3. The van der Waals surface area contributed by atoms with Gasteiger partial charge in [-0.3, -0.25) is 4.79 Å². The molecular formula is C20H18N4O2. The first-order chi connectivity index (χ1) is 12.7. The topological polar surface area (TPSA) is 82.1 Å². The molecule has 0 radical (unpaired) electrons. The van der Waals surface area contributed by atoms with E-state index >= 15 is 0 Å². The molecular weight excluding hydrogens is 328 g/mol. The van der Waals surface area contributed by atoms with Crippen LogP contribution in [0.1, 0.15) is 11.6 Å². The van der Waals surface area contributed by atoms with E-state index in [4.69, 9.17) is 0 Å². The summed E-state index contributed by atoms with van der Waals surface area (Å²) in [6.07, 6.45) is 1.39. The lowest BCUT2D eigenvalue weighted by molar-refractivity contribution is -0.125. The van der Waals surface area contributed by atoms with Crippen LogP contribution < -0.4 is 0 Å². The van der Waals surface area contributed by atoms with Gasteiger partial charge < -0.3 is 15.0 Å². The highest BCUT2D eigenvalue weighted by Gasteiger charge is 2.57. The minimum absolute atomic E-state index is 0.0192. The van der Waals surface area contributed by atoms with E-state index in [1.807, 2.05) is 23.1 Å². The average Bonchev–Trinajstić information content (AvgIpc) is 3.00. The number of para-hydroxylation sites is 1. The van der Waals surface area contributed by atoms with E-state index in [0.717, 1.165) is 29.8 Å². The molecule has 0 spiro atoms. The molecule has 2 fully saturated rings. The van der Waals surface area contributed by atoms with Crippen LogP contribution in [-0.2, 0) is 4.79 Å². The number of hydrogen-bond donors (Lipinski definition) is 2. The van der Waals surface area contributed by atoms with E-state index in [2.05, 4.69) is 27.8 Å². The summed E-state index contributed by atoms with van der Waals surface area (Å²) in [5, 5.41) is 19.5. The minimum atomic E-state index is 0.0192. The summed E-state index contributed by atoms with van der Waals surface area (Å²) in [7, 11) is 0. The number of likely N-dealkylation sites (tertiary alicyclic amines) is 1. The van der Waals surface area contributed by atoms with Crippen LogP contribution in [0, 0.1) is 11.8 Å². The predicted octanol–water partition coefficient (Wildman–Crippen LogP) is 2.69. The van der Waals surface area contributed by atoms with E-state index in [9.17, 15) is 9.90 Å². The fourth-order valence-corrected chi connectivity index (χ4v) is 4.25. The van der Waals surface area contributed by atoms with Crippen molar-refractivity contribution in [3.63, 3.8) is 0 Å². The zero-order valence-corrected chi connectivity index (χ0v) is 14.1. The second-order valence-electron chi connectivity index (χ2n) is 7.08. The van der Waals surface area contributed by atoms with Crippen molar-refractivity contribution in [2.45, 2.75) is 5.92 Å². The van der Waals surface area contributed by atoms with Gasteiger partial charge in [0.15, 0.2) is 5.65 Å². The van der Waals surface area contributed by atoms with E-state index in [-0.39, 0.29) is 11.7 Å². The van der Waals surface area contributed by atoms with Gasteiger partial charge in [-0.1, -0.05) is 18.7 Å². The average molecular weight is 346 g/mol. The number of fused-ring (bicyclic) bond motifs is 2. The van der Waals surface area contributed by atoms with Crippen LogP contribution in [0.25, 0.3) is 22.3 Å². The fourth-order valence-electron chi connectivity index (χ4n) is 4.25. The highest BCUT2D eigenvalue weighted by Crippen LogP contribution is 2.58. The van der Waals surface area contributed by atoms with Crippen LogP contribution in [0.5, 0.6) is 5.75 Å². The lowest BCUT2D eigenvalue weighted by atomic mass is 10.1. The number of H-pyrrole nitrogens is 1. The smallest absolute Gasteiger partial charge is 0.245 e. The van der Waals surface area contributed by atoms with Crippen molar-refractivity contribution in [3.8, 4) is 17.0 Å². The molecule has 0 bridgehead atoms. The number of amides is 1. The van der Waals surface area contributed by atoms with Gasteiger partial charge >= 0.3 is 0 Å². The fraction of sp³-hybridized carbons (Fsp3) is 0.250. The van der Waals surface area contributed by atoms with Crippen molar-refractivity contribution in [3.05, 3.63) is 54.7 Å². The molecule has 5 rings (SSSR count). The SMILES string of the molecule is C=CC(=O)N1CC2C(c3cc4cc(-c5ccccc5O)nnc4[nH]3)[C@H]2C1. The molecule has 3 aromatic rings. The van der Waals surface area contributed by atoms with E-state index < -0.39 is 0 Å². The summed E-state index contributed by atoms with van der Waals surface area (Å²) < 4.78 is 0. The van der Waals surface area contributed by atoms with E-state index in [1.54, 1.807) is 12.1 Å². The first kappa shape index (κ1) is 15.1. The zero-order valence-electron chi connectivity index (χ0n) is 14.1. The van der Waals surface area contributed by atoms with Crippen molar-refractivity contribution >= 4 is 16.9 Å². The number of nitrogens with zero attached hydrogens (tertiary/aromatic N) is 3. The van der Waals surface area contributed by atoms with Gasteiger partial charge in [0.1, 0.15) is 5.75 Å². The van der Waals surface area contributed by atoms with Gasteiger partial charge in [0, 0.05) is 35.7 Å². The summed E-state index contributed by atoms with van der Waals surface area (Å²) in [5.41, 5.74) is 3.24. The normalized spacial score (nSPS) is 23.8. The van der Waals surface area contributed by atoms with Crippen molar-refractivity contribution in [2.75, 3.05) is 13.1 Å². The molecule has 1 aliphatic heterocycles. The Bertz CT molecular complexity index is 1030. The Morgan fingerprint density at radius 1 is 1.23 bits per heavy atom. The second-order valence-corrected chi connectivity index (χ2v) is 7.08. The molecule has 6 nitrogen and oxygen atoms in total. The number of piperidine rings is 1. The third-order valence-corrected chi connectivity index (χ3v) is 5.62. The Morgan fingerprint density at radius 2 is 2.00 bits per heavy atom. The Hall–Kier alpha value is -3.15. The number of aromatic amines is 1. The van der Waals surface area contributed by atoms with Crippen LogP contribution in [0.3, 0.4) is 0 Å². The summed E-state index contributed by atoms with van der Waals surface area (Å²) in [4.78, 5) is 17.0. The first-order valence-electron chi connectivity index (χ1n) is 8.72. The maximum absolute atomic E-state index is 11.7. The molecule has 2 aromatic heterocycles. The van der Waals surface area contributed by atoms with Gasteiger partial charge in [-0.25, -0.2) is 0 Å². The zero-order chi connectivity index (χ0) is 17.8. The predicted molar refractivity (Wildman–Crippen MR) is 97.5 cm³/mol. The minimum Gasteiger partial charge on any atom is -0.507 e. The molecule has 130 valence electrons. The number of phenolic OH excluding ortho intramolecular Hbond substituents is 1. The maximum atomic E-state index is 11.7. The number of phenols is 1. The van der Waals surface area contributed by atoms with Crippen LogP contribution in [0.15, 0.2) is 49.1 Å². The summed E-state index contributed by atoms with van der Waals surface area (Å²) >= 11 is 0. The molecule has 1 aromatic carbocycles. The Balaban J connectivity index is 1.41. The molecule has 2 aliphatic rings. The highest BCUT2D eigenvalue weighted by atomic mass is 16.3. The molecule has 1 saturated heterocycles. The summed E-state index contributed by atoms with van der Waals surface area (Å²) in [5.74, 6) is 1.69. The monoisotopic (exact) mass is 346 g/mol. The van der Waals surface area contributed by atoms with Crippen LogP contribution >= 0.6 is 0 Å². The first-order valence-corrected chi connectivity index (χ1v) is 8.72. The van der Waals surface area contributed by atoms with E-state index in [1.165, 1.54) is 6.08 Å². The standard InChI is InChI=1S/C20H18N4O2/c1-2-18(26)24-9-13-14(10-24)19(13)16-8-11-7-15(22-23-20(11)21-16)12-5-3-4-6-17(12)25/h2-8,13-14,19,25H,1,9-10H2,(H,21,23)/t13-,14?,19?/m0/s1. The van der Waals surface area contributed by atoms with Crippen molar-refractivity contribution in [2.24, 2.45) is 11.8 Å². The molecule has 2 N–H and O–H groups in total. The largest absolute Gasteiger partial charge is 0.507 e. The highest BCUT2D eigenvalue weighted by molar-refractivity contribution is 5.87. The summed E-state index contributed by atoms with van der Waals surface area (Å²) in [6, 6.07) is 11.2. The Labute approximate surface area is 150 Å². The van der Waals surface area contributed by atoms with Gasteiger partial charge in [-0.05, 0) is 42.2 Å². The summed E-state index contributed by atoms with van der Waals surface area (Å²) in [6.45, 7) is 5.15. The third kappa shape index (κ3) is 2.22. The molecule has 26 heavy (non-hydrogen) atoms. The van der Waals surface area contributed by atoms with Gasteiger partial charge in [-0.15, -0.1) is 10.2 Å². The van der Waals surface area contributed by atoms with Crippen molar-refractivity contribution in [1.82, 2.24) is 20.1 Å². The quantitative estimate of drug-likeness (QED) is 0.715. The number of carbonyl (C=O) groups is 1. The number of rotatable bonds is 3.